The van der Waals surface area contributed by atoms with E-state index in [4.69, 9.17) is 18.9 Å². The fourth-order valence-electron chi connectivity index (χ4n) is 4.98. The van der Waals surface area contributed by atoms with Crippen molar-refractivity contribution in [2.24, 2.45) is 5.92 Å². The van der Waals surface area contributed by atoms with E-state index < -0.39 is 5.82 Å². The molecule has 5 heterocycles. The highest BCUT2D eigenvalue weighted by molar-refractivity contribution is 5.78. The van der Waals surface area contributed by atoms with Crippen molar-refractivity contribution < 1.29 is 28.1 Å². The lowest BCUT2D eigenvalue weighted by Crippen LogP contribution is -2.52. The number of piperidine rings is 1. The molecule has 10 nitrogen and oxygen atoms in total. The third-order valence-corrected chi connectivity index (χ3v) is 6.94. The van der Waals surface area contributed by atoms with E-state index in [-0.39, 0.29) is 17.9 Å². The standard InChI is InChI=1S/C27H32FN5O5/c1-3-36-27(34)19-16-33(8-6-18-20(28)14-31-22-4-5-25(35-2)32-26(18)22)9-7-21(19)30-13-17-12-23-24(15-29-17)38-11-10-37-23/h4-5,12,14-15,19,21,30H,3,6-11,13,16H2,1-2H3. The van der Waals surface area contributed by atoms with Crippen LogP contribution in [0.25, 0.3) is 11.0 Å². The van der Waals surface area contributed by atoms with Gasteiger partial charge in [0, 0.05) is 43.4 Å². The summed E-state index contributed by atoms with van der Waals surface area (Å²) in [5, 5.41) is 3.50. The number of aromatic nitrogens is 3. The van der Waals surface area contributed by atoms with Crippen LogP contribution in [0.2, 0.25) is 0 Å². The second-order valence-corrected chi connectivity index (χ2v) is 9.31. The predicted octanol–water partition coefficient (Wildman–Crippen LogP) is 2.53. The number of hydrogen-bond acceptors (Lipinski definition) is 10. The second-order valence-electron chi connectivity index (χ2n) is 9.31. The third kappa shape index (κ3) is 5.78. The molecule has 11 heteroatoms. The Labute approximate surface area is 220 Å². The van der Waals surface area contributed by atoms with Gasteiger partial charge in [-0.05, 0) is 32.4 Å². The molecule has 1 N–H and O–H groups in total. The van der Waals surface area contributed by atoms with E-state index >= 15 is 0 Å². The van der Waals surface area contributed by atoms with Crippen LogP contribution in [0.5, 0.6) is 17.4 Å². The number of nitrogens with one attached hydrogen (secondary N) is 1. The number of nitrogens with zero attached hydrogens (tertiary/aromatic N) is 4. The van der Waals surface area contributed by atoms with Gasteiger partial charge in [0.1, 0.15) is 19.0 Å². The van der Waals surface area contributed by atoms with Gasteiger partial charge < -0.3 is 29.2 Å². The number of rotatable bonds is 9. The molecule has 38 heavy (non-hydrogen) atoms. The third-order valence-electron chi connectivity index (χ3n) is 6.94. The average molecular weight is 526 g/mol. The number of halogens is 1. The van der Waals surface area contributed by atoms with E-state index in [1.54, 1.807) is 25.3 Å². The number of ether oxygens (including phenoxy) is 4. The summed E-state index contributed by atoms with van der Waals surface area (Å²) >= 11 is 0. The molecule has 0 radical (unpaired) electrons. The van der Waals surface area contributed by atoms with E-state index in [1.165, 1.54) is 13.3 Å². The summed E-state index contributed by atoms with van der Waals surface area (Å²) in [7, 11) is 1.53. The van der Waals surface area contributed by atoms with Crippen molar-refractivity contribution >= 4 is 17.0 Å². The van der Waals surface area contributed by atoms with Gasteiger partial charge in [0.25, 0.3) is 0 Å². The number of esters is 1. The molecule has 0 aliphatic carbocycles. The smallest absolute Gasteiger partial charge is 0.311 e. The van der Waals surface area contributed by atoms with Crippen molar-refractivity contribution in [3.8, 4) is 17.4 Å². The van der Waals surface area contributed by atoms with Crippen molar-refractivity contribution in [1.29, 1.82) is 0 Å². The molecule has 5 rings (SSSR count). The highest BCUT2D eigenvalue weighted by atomic mass is 19.1. The summed E-state index contributed by atoms with van der Waals surface area (Å²) in [4.78, 5) is 28.1. The van der Waals surface area contributed by atoms with E-state index in [1.807, 2.05) is 6.07 Å². The van der Waals surface area contributed by atoms with Gasteiger partial charge in [-0.25, -0.2) is 9.37 Å². The molecule has 0 spiro atoms. The predicted molar refractivity (Wildman–Crippen MR) is 137 cm³/mol. The minimum absolute atomic E-state index is 0.0790. The van der Waals surface area contributed by atoms with Gasteiger partial charge in [-0.3, -0.25) is 14.8 Å². The summed E-state index contributed by atoms with van der Waals surface area (Å²) in [6.45, 7) is 5.46. The summed E-state index contributed by atoms with van der Waals surface area (Å²) in [6.07, 6.45) is 4.07. The van der Waals surface area contributed by atoms with Crippen LogP contribution in [0.4, 0.5) is 4.39 Å². The molecule has 1 fully saturated rings. The van der Waals surface area contributed by atoms with Crippen molar-refractivity contribution in [2.45, 2.75) is 32.4 Å². The van der Waals surface area contributed by atoms with Crippen LogP contribution >= 0.6 is 0 Å². The first-order chi connectivity index (χ1) is 18.6. The first kappa shape index (κ1) is 26.1. The quantitative estimate of drug-likeness (QED) is 0.419. The zero-order valence-electron chi connectivity index (χ0n) is 21.6. The number of pyridine rings is 3. The van der Waals surface area contributed by atoms with Gasteiger partial charge in [0.2, 0.25) is 5.88 Å². The average Bonchev–Trinajstić information content (AvgIpc) is 2.95. The SMILES string of the molecule is CCOC(=O)C1CN(CCc2c(F)cnc3ccc(OC)nc23)CCC1NCc1cc2c(cn1)OCCO2. The molecule has 202 valence electrons. The summed E-state index contributed by atoms with van der Waals surface area (Å²) in [5.41, 5.74) is 2.41. The van der Waals surface area contributed by atoms with Crippen LogP contribution < -0.4 is 19.5 Å². The highest BCUT2D eigenvalue weighted by Gasteiger charge is 2.35. The number of carbonyl (C=O) groups excluding carboxylic acids is 1. The largest absolute Gasteiger partial charge is 0.486 e. The van der Waals surface area contributed by atoms with Gasteiger partial charge in [-0.15, -0.1) is 0 Å². The van der Waals surface area contributed by atoms with E-state index in [9.17, 15) is 9.18 Å². The lowest BCUT2D eigenvalue weighted by molar-refractivity contribution is -0.151. The van der Waals surface area contributed by atoms with Gasteiger partial charge in [-0.2, -0.15) is 0 Å². The monoisotopic (exact) mass is 525 g/mol. The molecule has 0 saturated carbocycles. The molecule has 2 atom stereocenters. The Balaban J connectivity index is 1.25. The minimum Gasteiger partial charge on any atom is -0.486 e. The maximum atomic E-state index is 14.8. The van der Waals surface area contributed by atoms with Gasteiger partial charge in [0.15, 0.2) is 11.5 Å². The Kier molecular flexibility index (Phi) is 8.14. The Morgan fingerprint density at radius 2 is 2.05 bits per heavy atom. The zero-order valence-corrected chi connectivity index (χ0v) is 21.6. The Morgan fingerprint density at radius 1 is 1.21 bits per heavy atom. The maximum Gasteiger partial charge on any atom is 0.311 e. The topological polar surface area (TPSA) is 108 Å². The van der Waals surface area contributed by atoms with E-state index in [0.717, 1.165) is 18.7 Å². The molecule has 0 aromatic carbocycles. The van der Waals surface area contributed by atoms with Crippen molar-refractivity contribution in [3.63, 3.8) is 0 Å². The van der Waals surface area contributed by atoms with Gasteiger partial charge in [-0.1, -0.05) is 0 Å². The molecule has 0 amide bonds. The Bertz CT molecular complexity index is 1290. The van der Waals surface area contributed by atoms with Crippen LogP contribution in [0.1, 0.15) is 24.6 Å². The van der Waals surface area contributed by atoms with Crippen LogP contribution in [-0.4, -0.2) is 78.4 Å². The molecule has 3 aromatic rings. The number of likely N-dealkylation sites (tertiary alicyclic amines) is 1. The molecule has 2 unspecified atom stereocenters. The summed E-state index contributed by atoms with van der Waals surface area (Å²) in [5.74, 6) is 0.735. The van der Waals surface area contributed by atoms with Crippen LogP contribution in [0.3, 0.4) is 0 Å². The van der Waals surface area contributed by atoms with Crippen LogP contribution in [0.15, 0.2) is 30.6 Å². The van der Waals surface area contributed by atoms with Crippen molar-refractivity contribution in [1.82, 2.24) is 25.2 Å². The Hall–Kier alpha value is -3.57. The summed E-state index contributed by atoms with van der Waals surface area (Å²) < 4.78 is 36.6. The van der Waals surface area contributed by atoms with Crippen molar-refractivity contribution in [3.05, 3.63) is 47.7 Å². The lowest BCUT2D eigenvalue weighted by Gasteiger charge is -2.37. The highest BCUT2D eigenvalue weighted by Crippen LogP contribution is 2.29. The second kappa shape index (κ2) is 11.9. The molecule has 3 aromatic heterocycles. The van der Waals surface area contributed by atoms with Crippen LogP contribution in [0, 0.1) is 11.7 Å². The zero-order chi connectivity index (χ0) is 26.5. The van der Waals surface area contributed by atoms with Crippen LogP contribution in [-0.2, 0) is 22.5 Å². The molecule has 0 bridgehead atoms. The Morgan fingerprint density at radius 3 is 2.87 bits per heavy atom. The first-order valence-corrected chi connectivity index (χ1v) is 12.9. The summed E-state index contributed by atoms with van der Waals surface area (Å²) in [6, 6.07) is 5.27. The molecule has 1 saturated heterocycles. The van der Waals surface area contributed by atoms with E-state index in [0.29, 0.717) is 79.9 Å². The molecular formula is C27H32FN5O5. The fourth-order valence-corrected chi connectivity index (χ4v) is 4.98. The normalized spacial score (nSPS) is 19.3. The minimum atomic E-state index is -0.399. The molecular weight excluding hydrogens is 493 g/mol. The first-order valence-electron chi connectivity index (χ1n) is 12.9. The van der Waals surface area contributed by atoms with E-state index in [2.05, 4.69) is 25.2 Å². The van der Waals surface area contributed by atoms with Gasteiger partial charge >= 0.3 is 5.97 Å². The number of hydrogen-bond donors (Lipinski definition) is 1. The number of methoxy groups -OCH3 is 1. The molecule has 2 aliphatic heterocycles. The fraction of sp³-hybridized carbons (Fsp3) is 0.481. The number of fused-ring (bicyclic) bond motifs is 2. The maximum absolute atomic E-state index is 14.8. The van der Waals surface area contributed by atoms with Gasteiger partial charge in [0.05, 0.1) is 48.8 Å². The number of carbonyl (C=O) groups is 1. The van der Waals surface area contributed by atoms with Crippen molar-refractivity contribution in [2.75, 3.05) is 46.6 Å². The lowest BCUT2D eigenvalue weighted by atomic mass is 9.91. The molecule has 2 aliphatic rings.